The number of imide groups is 2. The van der Waals surface area contributed by atoms with E-state index in [0.717, 1.165) is 54.2 Å². The first-order valence-electron chi connectivity index (χ1n) is 19.1. The molecule has 290 valence electrons. The van der Waals surface area contributed by atoms with Crippen molar-refractivity contribution in [2.24, 2.45) is 16.7 Å². The van der Waals surface area contributed by atoms with Crippen molar-refractivity contribution in [3.05, 3.63) is 87.2 Å². The smallest absolute Gasteiger partial charge is 0.270 e. The maximum atomic E-state index is 13.4. The fourth-order valence-electron chi connectivity index (χ4n) is 9.81. The number of pyridine rings is 1. The summed E-state index contributed by atoms with van der Waals surface area (Å²) in [5, 5.41) is 15.0. The Morgan fingerprint density at radius 3 is 2.20 bits per heavy atom. The molecule has 0 radical (unpaired) electrons. The van der Waals surface area contributed by atoms with Crippen LogP contribution in [0.3, 0.4) is 0 Å². The molecule has 0 spiro atoms. The number of anilines is 1. The van der Waals surface area contributed by atoms with E-state index < -0.39 is 29.7 Å². The third-order valence-electron chi connectivity index (χ3n) is 12.5. The number of nitriles is 1. The van der Waals surface area contributed by atoms with Crippen LogP contribution in [0, 0.1) is 28.1 Å². The van der Waals surface area contributed by atoms with Gasteiger partial charge in [-0.2, -0.15) is 5.26 Å². The molecule has 3 aromatic rings. The Morgan fingerprint density at radius 1 is 0.964 bits per heavy atom. The lowest BCUT2D eigenvalue weighted by molar-refractivity contribution is -0.164. The Labute approximate surface area is 330 Å². The average Bonchev–Trinajstić information content (AvgIpc) is 3.67. The number of fused-ring (bicyclic) bond motifs is 2. The van der Waals surface area contributed by atoms with Crippen LogP contribution in [-0.2, 0) is 22.7 Å². The monoisotopic (exact) mass is 777 g/mol. The highest BCUT2D eigenvalue weighted by molar-refractivity contribution is 6.31. The van der Waals surface area contributed by atoms with Crippen molar-refractivity contribution < 1.29 is 28.7 Å². The van der Waals surface area contributed by atoms with Gasteiger partial charge in [0.15, 0.2) is 0 Å². The maximum Gasteiger partial charge on any atom is 0.270 e. The van der Waals surface area contributed by atoms with Gasteiger partial charge in [-0.15, -0.1) is 0 Å². The predicted octanol–water partition coefficient (Wildman–Crippen LogP) is 4.85. The zero-order chi connectivity index (χ0) is 39.7. The molecule has 5 heterocycles. The van der Waals surface area contributed by atoms with Crippen LogP contribution in [-0.4, -0.2) is 82.1 Å². The number of halogens is 1. The van der Waals surface area contributed by atoms with E-state index in [-0.39, 0.29) is 41.7 Å². The van der Waals surface area contributed by atoms with Crippen molar-refractivity contribution in [2.75, 3.05) is 24.5 Å². The van der Waals surface area contributed by atoms with Crippen LogP contribution >= 0.6 is 11.6 Å². The fraction of sp³-hybridized carbons (Fsp3) is 0.452. The second kappa shape index (κ2) is 14.0. The molecule has 4 aliphatic heterocycles. The minimum atomic E-state index is -0.970. The lowest BCUT2D eigenvalue weighted by atomic mass is 9.49. The third-order valence-corrected chi connectivity index (χ3v) is 12.8. The number of hydrogen-bond acceptors (Lipinski definition) is 10. The van der Waals surface area contributed by atoms with Crippen molar-refractivity contribution in [1.82, 2.24) is 25.4 Å². The number of carbonyl (C=O) groups excluding carboxylic acids is 5. The molecule has 0 bridgehead atoms. The van der Waals surface area contributed by atoms with Crippen LogP contribution in [0.25, 0.3) is 0 Å². The number of carbonyl (C=O) groups is 5. The first-order valence-corrected chi connectivity index (χ1v) is 19.5. The predicted molar refractivity (Wildman–Crippen MR) is 206 cm³/mol. The average molecular weight is 778 g/mol. The fourth-order valence-corrected chi connectivity index (χ4v) is 10.0. The van der Waals surface area contributed by atoms with Crippen LogP contribution in [0.2, 0.25) is 5.02 Å². The van der Waals surface area contributed by atoms with Crippen molar-refractivity contribution in [3.8, 4) is 11.8 Å². The number of rotatable bonds is 8. The number of nitrogens with one attached hydrogen (secondary N) is 2. The standard InChI is InChI=1S/C42H44ClN7O6/c1-41(2)39(42(3,4)40(41)56-28-7-5-24(18-44)31(43)17-28)47-35(52)32-8-6-27(19-45-32)49-13-11-23(12-14-49)20-48-21-25-15-29-30(16-26(25)22-48)38(55)50(37(29)54)33-9-10-34(51)46-36(33)53/h5-8,15-17,19,23,33,39-40H,9-14,20-22H2,1-4H3,(H,47,52)(H,46,51,53)/t33?,39-,40-. The summed E-state index contributed by atoms with van der Waals surface area (Å²) in [6, 6.07) is 13.3. The normalized spacial score (nSPS) is 24.2. The lowest BCUT2D eigenvalue weighted by Crippen LogP contribution is -2.74. The highest BCUT2D eigenvalue weighted by atomic mass is 35.5. The van der Waals surface area contributed by atoms with Crippen LogP contribution in [0.15, 0.2) is 48.7 Å². The van der Waals surface area contributed by atoms with E-state index in [2.05, 4.69) is 59.2 Å². The molecule has 2 N–H and O–H groups in total. The topological polar surface area (TPSA) is 165 Å². The molecular formula is C42H44ClN7O6. The quantitative estimate of drug-likeness (QED) is 0.302. The summed E-state index contributed by atoms with van der Waals surface area (Å²) in [6.45, 7) is 12.3. The third kappa shape index (κ3) is 6.48. The molecule has 14 heteroatoms. The summed E-state index contributed by atoms with van der Waals surface area (Å²) in [4.78, 5) is 74.3. The Kier molecular flexibility index (Phi) is 9.40. The second-order valence-electron chi connectivity index (χ2n) is 16.9. The summed E-state index contributed by atoms with van der Waals surface area (Å²) in [6.07, 6.45) is 3.78. The van der Waals surface area contributed by atoms with Gasteiger partial charge in [-0.1, -0.05) is 39.3 Å². The molecule has 3 fully saturated rings. The maximum absolute atomic E-state index is 13.4. The number of ether oxygens (including phenoxy) is 1. The highest BCUT2D eigenvalue weighted by Crippen LogP contribution is 2.55. The minimum Gasteiger partial charge on any atom is -0.489 e. The zero-order valence-electron chi connectivity index (χ0n) is 31.9. The zero-order valence-corrected chi connectivity index (χ0v) is 32.6. The van der Waals surface area contributed by atoms with Crippen molar-refractivity contribution in [3.63, 3.8) is 0 Å². The molecule has 1 aromatic heterocycles. The number of benzene rings is 2. The molecule has 13 nitrogen and oxygen atoms in total. The molecule has 5 amide bonds. The van der Waals surface area contributed by atoms with Crippen molar-refractivity contribution in [1.29, 1.82) is 5.26 Å². The molecule has 8 rings (SSSR count). The van der Waals surface area contributed by atoms with Gasteiger partial charge in [0.05, 0.1) is 33.6 Å². The van der Waals surface area contributed by atoms with Gasteiger partial charge in [-0.05, 0) is 72.7 Å². The lowest BCUT2D eigenvalue weighted by Gasteiger charge is -2.63. The summed E-state index contributed by atoms with van der Waals surface area (Å²) >= 11 is 6.24. The molecule has 5 aliphatic rings. The van der Waals surface area contributed by atoms with E-state index in [0.29, 0.717) is 52.2 Å². The van der Waals surface area contributed by atoms with Gasteiger partial charge in [0.2, 0.25) is 11.8 Å². The number of nitrogens with zero attached hydrogens (tertiary/aromatic N) is 5. The van der Waals surface area contributed by atoms with Crippen LogP contribution in [0.1, 0.15) is 101 Å². The van der Waals surface area contributed by atoms with E-state index in [1.165, 1.54) is 0 Å². The summed E-state index contributed by atoms with van der Waals surface area (Å²) in [5.41, 5.74) is 3.63. The second-order valence-corrected chi connectivity index (χ2v) is 17.3. The first kappa shape index (κ1) is 37.6. The number of aromatic nitrogens is 1. The summed E-state index contributed by atoms with van der Waals surface area (Å²) < 4.78 is 6.36. The number of amides is 5. The Balaban J connectivity index is 0.822. The molecule has 56 heavy (non-hydrogen) atoms. The van der Waals surface area contributed by atoms with Gasteiger partial charge < -0.3 is 15.0 Å². The molecule has 2 aromatic carbocycles. The number of hydrogen-bond donors (Lipinski definition) is 2. The number of piperidine rings is 2. The van der Waals surface area contributed by atoms with Gasteiger partial charge in [-0.3, -0.25) is 39.1 Å². The van der Waals surface area contributed by atoms with Crippen LogP contribution < -0.4 is 20.3 Å². The van der Waals surface area contributed by atoms with Gasteiger partial charge in [0, 0.05) is 62.1 Å². The van der Waals surface area contributed by atoms with E-state index in [1.807, 2.05) is 18.2 Å². The Hall–Kier alpha value is -5.32. The van der Waals surface area contributed by atoms with Crippen molar-refractivity contribution >= 4 is 46.8 Å². The van der Waals surface area contributed by atoms with E-state index >= 15 is 0 Å². The van der Waals surface area contributed by atoms with Gasteiger partial charge >= 0.3 is 0 Å². The van der Waals surface area contributed by atoms with E-state index in [9.17, 15) is 29.2 Å². The molecule has 1 atom stereocenters. The minimum absolute atomic E-state index is 0.0906. The molecule has 1 aliphatic carbocycles. The van der Waals surface area contributed by atoms with Crippen LogP contribution in [0.5, 0.6) is 5.75 Å². The van der Waals surface area contributed by atoms with Crippen molar-refractivity contribution in [2.45, 2.75) is 84.7 Å². The molecule has 1 unspecified atom stereocenters. The van der Waals surface area contributed by atoms with Gasteiger partial charge in [0.25, 0.3) is 17.7 Å². The molecule has 1 saturated carbocycles. The van der Waals surface area contributed by atoms with E-state index in [1.54, 1.807) is 30.5 Å². The van der Waals surface area contributed by atoms with E-state index in [4.69, 9.17) is 16.3 Å². The van der Waals surface area contributed by atoms with Gasteiger partial charge in [-0.25, -0.2) is 4.98 Å². The largest absolute Gasteiger partial charge is 0.489 e. The Morgan fingerprint density at radius 2 is 1.62 bits per heavy atom. The first-order chi connectivity index (χ1) is 26.6. The van der Waals surface area contributed by atoms with Crippen LogP contribution in [0.4, 0.5) is 5.69 Å². The summed E-state index contributed by atoms with van der Waals surface area (Å²) in [5.74, 6) is -1.13. The highest BCUT2D eigenvalue weighted by Gasteiger charge is 2.64. The molecular weight excluding hydrogens is 734 g/mol. The summed E-state index contributed by atoms with van der Waals surface area (Å²) in [7, 11) is 0. The molecule has 2 saturated heterocycles. The SMILES string of the molecule is CC1(C)[C@H](NC(=O)c2ccc(N3CCC(CN4Cc5cc6c(cc5C4)C(=O)N(C4CCC(=O)NC4=O)C6=O)CC3)cn2)C(C)(C)[C@H]1Oc1ccc(C#N)c(Cl)c1. The van der Waals surface area contributed by atoms with Gasteiger partial charge in [0.1, 0.15) is 29.7 Å². The Bertz CT molecular complexity index is 2150.